The maximum absolute atomic E-state index is 10.4. The molecule has 5 heteroatoms. The van der Waals surface area contributed by atoms with Crippen LogP contribution in [0.1, 0.15) is 5.56 Å². The third-order valence-electron chi connectivity index (χ3n) is 1.92. The first-order chi connectivity index (χ1) is 7.24. The van der Waals surface area contributed by atoms with Crippen LogP contribution in [0.3, 0.4) is 0 Å². The van der Waals surface area contributed by atoms with Crippen LogP contribution >= 0.6 is 11.8 Å². The maximum Gasteiger partial charge on any atom is 0.269 e. The number of rotatable bonds is 6. The molecule has 1 N–H and O–H groups in total. The molecule has 0 aliphatic heterocycles. The van der Waals surface area contributed by atoms with E-state index < -0.39 is 4.92 Å². The zero-order valence-corrected chi connectivity index (χ0v) is 9.07. The number of aryl methyl sites for hydroxylation is 1. The first kappa shape index (κ1) is 12.0. The van der Waals surface area contributed by atoms with Gasteiger partial charge in [-0.05, 0) is 17.7 Å². The van der Waals surface area contributed by atoms with E-state index in [1.54, 1.807) is 23.9 Å². The molecule has 0 aliphatic carbocycles. The average Bonchev–Trinajstić information content (AvgIpc) is 2.25. The summed E-state index contributed by atoms with van der Waals surface area (Å²) in [5.41, 5.74) is 1.22. The molecule has 1 rings (SSSR count). The van der Waals surface area contributed by atoms with Gasteiger partial charge in [0.2, 0.25) is 0 Å². The van der Waals surface area contributed by atoms with Crippen molar-refractivity contribution in [2.75, 3.05) is 18.1 Å². The lowest BCUT2D eigenvalue weighted by Gasteiger charge is -2.00. The van der Waals surface area contributed by atoms with E-state index >= 15 is 0 Å². The zero-order chi connectivity index (χ0) is 11.1. The quantitative estimate of drug-likeness (QED) is 0.457. The first-order valence-corrected chi connectivity index (χ1v) is 5.81. The summed E-state index contributed by atoms with van der Waals surface area (Å²) >= 11 is 1.67. The molecule has 0 aliphatic rings. The number of non-ortho nitro benzene ring substituents is 1. The molecule has 0 heterocycles. The molecule has 0 saturated heterocycles. The number of hydrogen-bond acceptors (Lipinski definition) is 4. The molecule has 0 unspecified atom stereocenters. The number of aliphatic hydroxyl groups excluding tert-OH is 1. The minimum atomic E-state index is -0.399. The normalized spacial score (nSPS) is 10.2. The third kappa shape index (κ3) is 4.31. The Balaban J connectivity index is 2.39. The van der Waals surface area contributed by atoms with Gasteiger partial charge in [0.25, 0.3) is 5.69 Å². The fourth-order valence-electron chi connectivity index (χ4n) is 1.14. The van der Waals surface area contributed by atoms with Gasteiger partial charge in [0, 0.05) is 17.9 Å². The minimum Gasteiger partial charge on any atom is -0.396 e. The lowest BCUT2D eigenvalue weighted by molar-refractivity contribution is -0.384. The summed E-state index contributed by atoms with van der Waals surface area (Å²) in [6.45, 7) is 0.199. The summed E-state index contributed by atoms with van der Waals surface area (Å²) in [4.78, 5) is 9.99. The molecular formula is C10H13NO3S. The number of aliphatic hydroxyl groups is 1. The molecule has 1 aromatic carbocycles. The minimum absolute atomic E-state index is 0.127. The Morgan fingerprint density at radius 3 is 2.47 bits per heavy atom. The van der Waals surface area contributed by atoms with E-state index in [9.17, 15) is 10.1 Å². The second kappa shape index (κ2) is 6.42. The number of nitro benzene ring substituents is 1. The van der Waals surface area contributed by atoms with E-state index in [2.05, 4.69) is 0 Å². The smallest absolute Gasteiger partial charge is 0.269 e. The van der Waals surface area contributed by atoms with E-state index in [1.807, 2.05) is 0 Å². The number of nitro groups is 1. The van der Waals surface area contributed by atoms with Gasteiger partial charge in [0.1, 0.15) is 0 Å². The SMILES string of the molecule is O=[N+]([O-])c1ccc(CCSCCO)cc1. The summed E-state index contributed by atoms with van der Waals surface area (Å²) in [7, 11) is 0. The molecule has 82 valence electrons. The van der Waals surface area contributed by atoms with Gasteiger partial charge in [-0.3, -0.25) is 10.1 Å². The Labute approximate surface area is 92.5 Å². The summed E-state index contributed by atoms with van der Waals surface area (Å²) in [5, 5.41) is 19.0. The molecule has 0 fully saturated rings. The van der Waals surface area contributed by atoms with Crippen LogP contribution in [-0.2, 0) is 6.42 Å². The Kier molecular flexibility index (Phi) is 5.14. The van der Waals surface area contributed by atoms with Crippen molar-refractivity contribution in [3.05, 3.63) is 39.9 Å². The van der Waals surface area contributed by atoms with Crippen molar-refractivity contribution in [3.63, 3.8) is 0 Å². The van der Waals surface area contributed by atoms with Crippen molar-refractivity contribution >= 4 is 17.4 Å². The fraction of sp³-hybridized carbons (Fsp3) is 0.400. The Bertz CT molecular complexity index is 313. The highest BCUT2D eigenvalue weighted by atomic mass is 32.2. The van der Waals surface area contributed by atoms with Crippen LogP contribution in [0.25, 0.3) is 0 Å². The van der Waals surface area contributed by atoms with E-state index in [4.69, 9.17) is 5.11 Å². The van der Waals surface area contributed by atoms with Gasteiger partial charge >= 0.3 is 0 Å². The molecule has 0 amide bonds. The molecule has 0 bridgehead atoms. The largest absolute Gasteiger partial charge is 0.396 e. The molecule has 0 radical (unpaired) electrons. The Morgan fingerprint density at radius 2 is 1.93 bits per heavy atom. The van der Waals surface area contributed by atoms with E-state index in [0.29, 0.717) is 0 Å². The summed E-state index contributed by atoms with van der Waals surface area (Å²) in [6.07, 6.45) is 0.878. The first-order valence-electron chi connectivity index (χ1n) is 4.66. The topological polar surface area (TPSA) is 63.4 Å². The van der Waals surface area contributed by atoms with Crippen LogP contribution in [0.5, 0.6) is 0 Å². The van der Waals surface area contributed by atoms with Crippen molar-refractivity contribution in [1.29, 1.82) is 0 Å². The number of thioether (sulfide) groups is 1. The van der Waals surface area contributed by atoms with E-state index in [0.717, 1.165) is 23.5 Å². The highest BCUT2D eigenvalue weighted by molar-refractivity contribution is 7.99. The van der Waals surface area contributed by atoms with Gasteiger partial charge in [-0.2, -0.15) is 11.8 Å². The molecule has 0 saturated carbocycles. The van der Waals surface area contributed by atoms with Crippen LogP contribution in [0.2, 0.25) is 0 Å². The highest BCUT2D eigenvalue weighted by Crippen LogP contribution is 2.13. The van der Waals surface area contributed by atoms with Crippen molar-refractivity contribution in [2.45, 2.75) is 6.42 Å². The summed E-state index contributed by atoms with van der Waals surface area (Å²) in [6, 6.07) is 6.59. The second-order valence-corrected chi connectivity index (χ2v) is 4.23. The van der Waals surface area contributed by atoms with Gasteiger partial charge in [0.15, 0.2) is 0 Å². The number of benzene rings is 1. The Hall–Kier alpha value is -1.07. The predicted octanol–water partition coefficient (Wildman–Crippen LogP) is 1.86. The van der Waals surface area contributed by atoms with E-state index in [1.165, 1.54) is 12.1 Å². The van der Waals surface area contributed by atoms with Crippen LogP contribution in [0, 0.1) is 10.1 Å². The van der Waals surface area contributed by atoms with Gasteiger partial charge in [-0.1, -0.05) is 12.1 Å². The maximum atomic E-state index is 10.4. The van der Waals surface area contributed by atoms with Crippen LogP contribution in [-0.4, -0.2) is 28.1 Å². The van der Waals surface area contributed by atoms with Crippen molar-refractivity contribution in [2.24, 2.45) is 0 Å². The van der Waals surface area contributed by atoms with Gasteiger partial charge in [0.05, 0.1) is 11.5 Å². The Morgan fingerprint density at radius 1 is 1.27 bits per heavy atom. The zero-order valence-electron chi connectivity index (χ0n) is 8.26. The van der Waals surface area contributed by atoms with E-state index in [-0.39, 0.29) is 12.3 Å². The van der Waals surface area contributed by atoms with Crippen molar-refractivity contribution in [3.8, 4) is 0 Å². The van der Waals surface area contributed by atoms with Crippen molar-refractivity contribution < 1.29 is 10.0 Å². The van der Waals surface area contributed by atoms with Gasteiger partial charge < -0.3 is 5.11 Å². The van der Waals surface area contributed by atoms with Gasteiger partial charge in [-0.25, -0.2) is 0 Å². The third-order valence-corrected chi connectivity index (χ3v) is 2.88. The molecule has 0 atom stereocenters. The van der Waals surface area contributed by atoms with Crippen LogP contribution in [0.15, 0.2) is 24.3 Å². The number of hydrogen-bond donors (Lipinski definition) is 1. The molecule has 0 spiro atoms. The monoisotopic (exact) mass is 227 g/mol. The van der Waals surface area contributed by atoms with Crippen LogP contribution < -0.4 is 0 Å². The standard InChI is InChI=1S/C10H13NO3S/c12-6-8-15-7-5-9-1-3-10(4-2-9)11(13)14/h1-4,12H,5-8H2. The van der Waals surface area contributed by atoms with Gasteiger partial charge in [-0.15, -0.1) is 0 Å². The summed E-state index contributed by atoms with van der Waals surface area (Å²) < 4.78 is 0. The number of nitrogens with zero attached hydrogens (tertiary/aromatic N) is 1. The molecule has 1 aromatic rings. The average molecular weight is 227 g/mol. The fourth-order valence-corrected chi connectivity index (χ4v) is 1.85. The second-order valence-electron chi connectivity index (χ2n) is 3.01. The lowest BCUT2D eigenvalue weighted by Crippen LogP contribution is -1.93. The lowest BCUT2D eigenvalue weighted by atomic mass is 10.1. The molecular weight excluding hydrogens is 214 g/mol. The molecule has 15 heavy (non-hydrogen) atoms. The molecule has 0 aromatic heterocycles. The predicted molar refractivity (Wildman–Crippen MR) is 61.2 cm³/mol. The van der Waals surface area contributed by atoms with Crippen LogP contribution in [0.4, 0.5) is 5.69 Å². The highest BCUT2D eigenvalue weighted by Gasteiger charge is 2.03. The van der Waals surface area contributed by atoms with Crippen molar-refractivity contribution in [1.82, 2.24) is 0 Å². The summed E-state index contributed by atoms with van der Waals surface area (Å²) in [5.74, 6) is 1.67. The molecule has 4 nitrogen and oxygen atoms in total.